The SMILES string of the molecule is CCC(=O)N1N=C2C3CCN(CC3)C2C1c1ccc(SC)cc1. The molecular weight excluding hydrogens is 306 g/mol. The number of amides is 1. The van der Waals surface area contributed by atoms with Gasteiger partial charge in [-0.1, -0.05) is 19.1 Å². The first-order chi connectivity index (χ1) is 11.2. The molecule has 1 aromatic carbocycles. The molecule has 0 spiro atoms. The maximum atomic E-state index is 12.5. The minimum Gasteiger partial charge on any atom is -0.293 e. The van der Waals surface area contributed by atoms with Gasteiger partial charge < -0.3 is 0 Å². The van der Waals surface area contributed by atoms with Crippen molar-refractivity contribution < 1.29 is 4.79 Å². The molecule has 1 aromatic rings. The van der Waals surface area contributed by atoms with Gasteiger partial charge >= 0.3 is 0 Å². The number of benzene rings is 1. The summed E-state index contributed by atoms with van der Waals surface area (Å²) in [5.41, 5.74) is 2.46. The lowest BCUT2D eigenvalue weighted by atomic mass is 9.78. The van der Waals surface area contributed by atoms with Gasteiger partial charge in [-0.15, -0.1) is 11.8 Å². The van der Waals surface area contributed by atoms with Gasteiger partial charge in [-0.2, -0.15) is 5.10 Å². The minimum absolute atomic E-state index is 0.0523. The van der Waals surface area contributed by atoms with Crippen LogP contribution in [0, 0.1) is 5.92 Å². The fourth-order valence-electron chi connectivity index (χ4n) is 4.22. The Balaban J connectivity index is 1.73. The standard InChI is InChI=1S/C18H23N3OS/c1-3-15(22)21-17(13-4-6-14(23-2)7-5-13)18-16(19-21)12-8-10-20(18)11-9-12/h4-7,12,17-18H,3,8-11H2,1-2H3. The van der Waals surface area contributed by atoms with Crippen LogP contribution in [0.3, 0.4) is 0 Å². The van der Waals surface area contributed by atoms with Crippen LogP contribution < -0.4 is 0 Å². The van der Waals surface area contributed by atoms with E-state index in [2.05, 4.69) is 35.4 Å². The number of piperidine rings is 3. The van der Waals surface area contributed by atoms with Crippen LogP contribution in [0.2, 0.25) is 0 Å². The van der Waals surface area contributed by atoms with E-state index in [1.54, 1.807) is 16.8 Å². The first-order valence-electron chi connectivity index (χ1n) is 8.51. The van der Waals surface area contributed by atoms with E-state index in [4.69, 9.17) is 5.10 Å². The number of hydrazone groups is 1. The second kappa shape index (κ2) is 5.95. The zero-order chi connectivity index (χ0) is 16.0. The quantitative estimate of drug-likeness (QED) is 0.799. The molecule has 5 heteroatoms. The average molecular weight is 329 g/mol. The fraction of sp³-hybridized carbons (Fsp3) is 0.556. The molecule has 1 amide bonds. The molecular formula is C18H23N3OS. The lowest BCUT2D eigenvalue weighted by molar-refractivity contribution is -0.133. The second-order valence-corrected chi connectivity index (χ2v) is 7.47. The summed E-state index contributed by atoms with van der Waals surface area (Å²) in [6.45, 7) is 4.21. The van der Waals surface area contributed by atoms with Crippen LogP contribution >= 0.6 is 11.8 Å². The number of fused-ring (bicyclic) bond motifs is 2. The lowest BCUT2D eigenvalue weighted by Crippen LogP contribution is -2.56. The van der Waals surface area contributed by atoms with Crippen molar-refractivity contribution in [2.45, 2.75) is 43.2 Å². The van der Waals surface area contributed by atoms with E-state index in [-0.39, 0.29) is 18.0 Å². The molecule has 23 heavy (non-hydrogen) atoms. The van der Waals surface area contributed by atoms with E-state index in [0.29, 0.717) is 12.3 Å². The van der Waals surface area contributed by atoms with Gasteiger partial charge in [-0.05, 0) is 49.9 Å². The summed E-state index contributed by atoms with van der Waals surface area (Å²) in [6.07, 6.45) is 4.99. The van der Waals surface area contributed by atoms with E-state index >= 15 is 0 Å². The fourth-order valence-corrected chi connectivity index (χ4v) is 4.63. The Kier molecular flexibility index (Phi) is 3.93. The number of carbonyl (C=O) groups is 1. The summed E-state index contributed by atoms with van der Waals surface area (Å²) in [6, 6.07) is 9.00. The van der Waals surface area contributed by atoms with Crippen LogP contribution in [0.4, 0.5) is 0 Å². The molecule has 122 valence electrons. The molecule has 0 aromatic heterocycles. The number of carbonyl (C=O) groups excluding carboxylic acids is 1. The van der Waals surface area contributed by atoms with Gasteiger partial charge in [0.15, 0.2) is 0 Å². The highest BCUT2D eigenvalue weighted by molar-refractivity contribution is 7.98. The highest BCUT2D eigenvalue weighted by Gasteiger charge is 2.50. The summed E-state index contributed by atoms with van der Waals surface area (Å²) in [5.74, 6) is 0.707. The van der Waals surface area contributed by atoms with Gasteiger partial charge in [0.25, 0.3) is 0 Å². The normalized spacial score (nSPS) is 31.9. The molecule has 0 aliphatic carbocycles. The van der Waals surface area contributed by atoms with Crippen molar-refractivity contribution in [3.05, 3.63) is 29.8 Å². The maximum Gasteiger partial charge on any atom is 0.243 e. The van der Waals surface area contributed by atoms with E-state index in [1.165, 1.54) is 29.0 Å². The molecule has 4 aliphatic heterocycles. The number of hydrogen-bond donors (Lipinski definition) is 0. The summed E-state index contributed by atoms with van der Waals surface area (Å²) in [4.78, 5) is 16.3. The molecule has 0 radical (unpaired) electrons. The Morgan fingerprint density at radius 1 is 1.22 bits per heavy atom. The first kappa shape index (κ1) is 15.2. The van der Waals surface area contributed by atoms with Crippen molar-refractivity contribution in [3.63, 3.8) is 0 Å². The average Bonchev–Trinajstić information content (AvgIpc) is 3.04. The Labute approximate surface area is 141 Å². The van der Waals surface area contributed by atoms with Gasteiger partial charge in [0.2, 0.25) is 5.91 Å². The zero-order valence-electron chi connectivity index (χ0n) is 13.7. The highest BCUT2D eigenvalue weighted by Crippen LogP contribution is 2.43. The predicted octanol–water partition coefficient (Wildman–Crippen LogP) is 3.15. The number of thioether (sulfide) groups is 1. The van der Waals surface area contributed by atoms with Crippen molar-refractivity contribution in [1.29, 1.82) is 0 Å². The number of rotatable bonds is 3. The molecule has 0 N–H and O–H groups in total. The maximum absolute atomic E-state index is 12.5. The third-order valence-electron chi connectivity index (χ3n) is 5.45. The smallest absolute Gasteiger partial charge is 0.243 e. The molecule has 4 aliphatic rings. The van der Waals surface area contributed by atoms with Crippen LogP contribution in [0.5, 0.6) is 0 Å². The van der Waals surface area contributed by atoms with Gasteiger partial charge in [0.05, 0.1) is 11.8 Å². The Hall–Kier alpha value is -1.33. The minimum atomic E-state index is 0.0523. The van der Waals surface area contributed by atoms with Gasteiger partial charge in [-0.25, -0.2) is 5.01 Å². The summed E-state index contributed by atoms with van der Waals surface area (Å²) in [7, 11) is 0. The van der Waals surface area contributed by atoms with Gasteiger partial charge in [0, 0.05) is 17.2 Å². The van der Waals surface area contributed by atoms with E-state index < -0.39 is 0 Å². The van der Waals surface area contributed by atoms with Crippen LogP contribution in [0.25, 0.3) is 0 Å². The Bertz CT molecular complexity index is 634. The topological polar surface area (TPSA) is 35.9 Å². The van der Waals surface area contributed by atoms with Crippen LogP contribution in [0.1, 0.15) is 37.8 Å². The van der Waals surface area contributed by atoms with E-state index in [9.17, 15) is 4.79 Å². The molecule has 4 heterocycles. The zero-order valence-corrected chi connectivity index (χ0v) is 14.6. The second-order valence-electron chi connectivity index (χ2n) is 6.59. The molecule has 2 bridgehead atoms. The lowest BCUT2D eigenvalue weighted by Gasteiger charge is -2.46. The number of nitrogens with zero attached hydrogens (tertiary/aromatic N) is 3. The molecule has 5 rings (SSSR count). The third-order valence-corrected chi connectivity index (χ3v) is 6.19. The highest BCUT2D eigenvalue weighted by atomic mass is 32.2. The van der Waals surface area contributed by atoms with E-state index in [0.717, 1.165) is 13.1 Å². The molecule has 4 nitrogen and oxygen atoms in total. The van der Waals surface area contributed by atoms with Gasteiger partial charge in [-0.3, -0.25) is 9.69 Å². The summed E-state index contributed by atoms with van der Waals surface area (Å²) >= 11 is 1.75. The molecule has 3 saturated heterocycles. The third kappa shape index (κ3) is 2.41. The molecule has 3 fully saturated rings. The molecule has 2 unspecified atom stereocenters. The molecule has 2 atom stereocenters. The molecule has 0 saturated carbocycles. The van der Waals surface area contributed by atoms with Crippen LogP contribution in [-0.4, -0.2) is 46.9 Å². The van der Waals surface area contributed by atoms with Crippen LogP contribution in [-0.2, 0) is 4.79 Å². The predicted molar refractivity (Wildman–Crippen MR) is 93.6 cm³/mol. The van der Waals surface area contributed by atoms with Crippen molar-refractivity contribution in [2.75, 3.05) is 19.3 Å². The van der Waals surface area contributed by atoms with E-state index in [1.807, 2.05) is 6.92 Å². The first-order valence-corrected chi connectivity index (χ1v) is 9.74. The largest absolute Gasteiger partial charge is 0.293 e. The van der Waals surface area contributed by atoms with Crippen molar-refractivity contribution in [2.24, 2.45) is 11.0 Å². The van der Waals surface area contributed by atoms with Crippen molar-refractivity contribution >= 4 is 23.4 Å². The summed E-state index contributed by atoms with van der Waals surface area (Å²) < 4.78 is 0. The van der Waals surface area contributed by atoms with Crippen LogP contribution in [0.15, 0.2) is 34.3 Å². The Morgan fingerprint density at radius 2 is 1.91 bits per heavy atom. The monoisotopic (exact) mass is 329 g/mol. The van der Waals surface area contributed by atoms with Crippen molar-refractivity contribution in [3.8, 4) is 0 Å². The van der Waals surface area contributed by atoms with Gasteiger partial charge in [0.1, 0.15) is 6.04 Å². The summed E-state index contributed by atoms with van der Waals surface area (Å²) in [5, 5.41) is 6.60. The van der Waals surface area contributed by atoms with Crippen molar-refractivity contribution in [1.82, 2.24) is 9.91 Å². The number of hydrogen-bond acceptors (Lipinski definition) is 4. The Morgan fingerprint density at radius 3 is 2.52 bits per heavy atom.